The number of urea groups is 1. The summed E-state index contributed by atoms with van der Waals surface area (Å²) in [5.74, 6) is 0.628. The average Bonchev–Trinajstić information content (AvgIpc) is 3.02. The highest BCUT2D eigenvalue weighted by molar-refractivity contribution is 5.89. The van der Waals surface area contributed by atoms with Gasteiger partial charge in [0.15, 0.2) is 0 Å². The normalized spacial score (nSPS) is 18.8. The first kappa shape index (κ1) is 20.5. The van der Waals surface area contributed by atoms with Gasteiger partial charge in [-0.2, -0.15) is 13.2 Å². The lowest BCUT2D eigenvalue weighted by Gasteiger charge is -2.23. The number of nitrogens with one attached hydrogen (secondary N) is 1. The van der Waals surface area contributed by atoms with Crippen LogP contribution in [0.3, 0.4) is 0 Å². The SMILES string of the molecule is O=C(CC1CCCC1)N1CCCN(C(=O)Nc2cccc(C(F)(F)F)c2)CC1. The van der Waals surface area contributed by atoms with Gasteiger partial charge in [-0.05, 0) is 43.4 Å². The zero-order valence-corrected chi connectivity index (χ0v) is 15.8. The predicted molar refractivity (Wildman–Crippen MR) is 99.8 cm³/mol. The van der Waals surface area contributed by atoms with Crippen molar-refractivity contribution in [3.63, 3.8) is 0 Å². The highest BCUT2D eigenvalue weighted by Gasteiger charge is 2.31. The molecule has 1 aliphatic heterocycles. The minimum absolute atomic E-state index is 0.109. The molecule has 2 fully saturated rings. The summed E-state index contributed by atoms with van der Waals surface area (Å²) in [5.41, 5.74) is -0.692. The Morgan fingerprint density at radius 1 is 1.00 bits per heavy atom. The van der Waals surface area contributed by atoms with Crippen LogP contribution >= 0.6 is 0 Å². The van der Waals surface area contributed by atoms with Crippen LogP contribution in [0, 0.1) is 5.92 Å². The molecular formula is C20H26F3N3O2. The third-order valence-electron chi connectivity index (χ3n) is 5.52. The highest BCUT2D eigenvalue weighted by atomic mass is 19.4. The Balaban J connectivity index is 1.53. The molecule has 2 aliphatic rings. The van der Waals surface area contributed by atoms with Crippen LogP contribution in [0.4, 0.5) is 23.7 Å². The second kappa shape index (κ2) is 8.84. The summed E-state index contributed by atoms with van der Waals surface area (Å²) in [6, 6.07) is 4.15. The maximum Gasteiger partial charge on any atom is 0.416 e. The molecule has 1 saturated heterocycles. The van der Waals surface area contributed by atoms with Gasteiger partial charge in [0, 0.05) is 38.3 Å². The van der Waals surface area contributed by atoms with Crippen molar-refractivity contribution in [2.24, 2.45) is 5.92 Å². The molecule has 0 aromatic heterocycles. The molecule has 1 aromatic carbocycles. The molecule has 8 heteroatoms. The first-order valence-corrected chi connectivity index (χ1v) is 9.84. The van der Waals surface area contributed by atoms with Crippen LogP contribution in [-0.4, -0.2) is 47.9 Å². The number of amides is 3. The summed E-state index contributed by atoms with van der Waals surface area (Å²) >= 11 is 0. The highest BCUT2D eigenvalue weighted by Crippen LogP contribution is 2.31. The summed E-state index contributed by atoms with van der Waals surface area (Å²) in [5, 5.41) is 2.54. The minimum Gasteiger partial charge on any atom is -0.341 e. The second-order valence-corrected chi connectivity index (χ2v) is 7.58. The van der Waals surface area contributed by atoms with Gasteiger partial charge in [-0.1, -0.05) is 18.9 Å². The zero-order valence-electron chi connectivity index (χ0n) is 15.8. The molecule has 0 spiro atoms. The largest absolute Gasteiger partial charge is 0.416 e. The first-order chi connectivity index (χ1) is 13.3. The van der Waals surface area contributed by atoms with Crippen LogP contribution in [-0.2, 0) is 11.0 Å². The predicted octanol–water partition coefficient (Wildman–Crippen LogP) is 4.35. The van der Waals surface area contributed by atoms with Crippen LogP contribution in [0.2, 0.25) is 0 Å². The standard InChI is InChI=1S/C20H26F3N3O2/c21-20(22,23)16-7-3-8-17(14-16)24-19(28)26-10-4-9-25(11-12-26)18(27)13-15-5-1-2-6-15/h3,7-8,14-15H,1-2,4-6,9-13H2,(H,24,28). The van der Waals surface area contributed by atoms with Gasteiger partial charge in [0.1, 0.15) is 0 Å². The van der Waals surface area contributed by atoms with E-state index >= 15 is 0 Å². The molecule has 0 bridgehead atoms. The Morgan fingerprint density at radius 3 is 2.39 bits per heavy atom. The van der Waals surface area contributed by atoms with Crippen molar-refractivity contribution in [1.82, 2.24) is 9.80 Å². The van der Waals surface area contributed by atoms with Crippen molar-refractivity contribution < 1.29 is 22.8 Å². The van der Waals surface area contributed by atoms with E-state index in [1.807, 2.05) is 4.90 Å². The number of hydrogen-bond donors (Lipinski definition) is 1. The number of nitrogens with zero attached hydrogens (tertiary/aromatic N) is 2. The minimum atomic E-state index is -4.45. The zero-order chi connectivity index (χ0) is 20.1. The molecule has 0 radical (unpaired) electrons. The topological polar surface area (TPSA) is 52.7 Å². The van der Waals surface area contributed by atoms with Gasteiger partial charge in [-0.15, -0.1) is 0 Å². The third kappa shape index (κ3) is 5.39. The maximum absolute atomic E-state index is 12.8. The molecule has 5 nitrogen and oxygen atoms in total. The molecule has 1 aromatic rings. The number of halogens is 3. The summed E-state index contributed by atoms with van der Waals surface area (Å²) < 4.78 is 38.5. The van der Waals surface area contributed by atoms with Crippen LogP contribution in [0.5, 0.6) is 0 Å². The molecule has 154 valence electrons. The number of carbonyl (C=O) groups excluding carboxylic acids is 2. The average molecular weight is 397 g/mol. The lowest BCUT2D eigenvalue weighted by molar-refractivity contribution is -0.137. The summed E-state index contributed by atoms with van der Waals surface area (Å²) in [4.78, 5) is 28.3. The van der Waals surface area contributed by atoms with Gasteiger partial charge in [0.2, 0.25) is 5.91 Å². The molecular weight excluding hydrogens is 371 g/mol. The Bertz CT molecular complexity index is 702. The van der Waals surface area contributed by atoms with Crippen LogP contribution < -0.4 is 5.32 Å². The van der Waals surface area contributed by atoms with Crippen molar-refractivity contribution >= 4 is 17.6 Å². The van der Waals surface area contributed by atoms with E-state index in [0.717, 1.165) is 25.0 Å². The summed E-state index contributed by atoms with van der Waals surface area (Å²) in [7, 11) is 0. The Hall–Kier alpha value is -2.25. The van der Waals surface area contributed by atoms with Gasteiger partial charge < -0.3 is 15.1 Å². The monoisotopic (exact) mass is 397 g/mol. The molecule has 0 unspecified atom stereocenters. The van der Waals surface area contributed by atoms with E-state index in [1.54, 1.807) is 4.90 Å². The van der Waals surface area contributed by atoms with E-state index in [1.165, 1.54) is 25.0 Å². The summed E-state index contributed by atoms with van der Waals surface area (Å²) in [6.07, 6.45) is 1.41. The van der Waals surface area contributed by atoms with Crippen LogP contribution in [0.15, 0.2) is 24.3 Å². The van der Waals surface area contributed by atoms with E-state index in [4.69, 9.17) is 0 Å². The first-order valence-electron chi connectivity index (χ1n) is 9.84. The third-order valence-corrected chi connectivity index (χ3v) is 5.52. The number of alkyl halides is 3. The fourth-order valence-corrected chi connectivity index (χ4v) is 3.94. The molecule has 0 atom stereocenters. The van der Waals surface area contributed by atoms with E-state index in [0.29, 0.717) is 44.9 Å². The van der Waals surface area contributed by atoms with Gasteiger partial charge in [0.25, 0.3) is 0 Å². The van der Waals surface area contributed by atoms with Crippen LogP contribution in [0.25, 0.3) is 0 Å². The molecule has 28 heavy (non-hydrogen) atoms. The van der Waals surface area contributed by atoms with Crippen molar-refractivity contribution in [2.45, 2.75) is 44.7 Å². The smallest absolute Gasteiger partial charge is 0.341 e. The van der Waals surface area contributed by atoms with E-state index in [2.05, 4.69) is 5.32 Å². The quantitative estimate of drug-likeness (QED) is 0.824. The van der Waals surface area contributed by atoms with Crippen molar-refractivity contribution in [3.05, 3.63) is 29.8 Å². The fraction of sp³-hybridized carbons (Fsp3) is 0.600. The lowest BCUT2D eigenvalue weighted by Crippen LogP contribution is -2.39. The van der Waals surface area contributed by atoms with Crippen molar-refractivity contribution in [1.29, 1.82) is 0 Å². The molecule has 1 saturated carbocycles. The van der Waals surface area contributed by atoms with Gasteiger partial charge >= 0.3 is 12.2 Å². The molecule has 1 aliphatic carbocycles. The van der Waals surface area contributed by atoms with Crippen molar-refractivity contribution in [2.75, 3.05) is 31.5 Å². The number of rotatable bonds is 3. The van der Waals surface area contributed by atoms with Gasteiger partial charge in [-0.25, -0.2) is 4.79 Å². The Kier molecular flexibility index (Phi) is 6.46. The van der Waals surface area contributed by atoms with Gasteiger partial charge in [-0.3, -0.25) is 4.79 Å². The molecule has 1 heterocycles. The number of benzene rings is 1. The molecule has 3 rings (SSSR count). The Morgan fingerprint density at radius 2 is 1.68 bits per heavy atom. The fourth-order valence-electron chi connectivity index (χ4n) is 3.94. The maximum atomic E-state index is 12.8. The lowest BCUT2D eigenvalue weighted by atomic mass is 10.0. The second-order valence-electron chi connectivity index (χ2n) is 7.58. The van der Waals surface area contributed by atoms with E-state index in [-0.39, 0.29) is 11.6 Å². The van der Waals surface area contributed by atoms with Crippen molar-refractivity contribution in [3.8, 4) is 0 Å². The number of hydrogen-bond acceptors (Lipinski definition) is 2. The van der Waals surface area contributed by atoms with E-state index < -0.39 is 17.8 Å². The number of anilines is 1. The summed E-state index contributed by atoms with van der Waals surface area (Å²) in [6.45, 7) is 1.92. The number of carbonyl (C=O) groups is 2. The van der Waals surface area contributed by atoms with Gasteiger partial charge in [0.05, 0.1) is 5.56 Å². The van der Waals surface area contributed by atoms with Crippen LogP contribution in [0.1, 0.15) is 44.1 Å². The molecule has 1 N–H and O–H groups in total. The molecule has 3 amide bonds. The Labute approximate surface area is 162 Å². The van der Waals surface area contributed by atoms with E-state index in [9.17, 15) is 22.8 Å².